The Labute approximate surface area is 210 Å². The van der Waals surface area contributed by atoms with Gasteiger partial charge < -0.3 is 25.7 Å². The number of likely N-dealkylation sites (N-methyl/N-ethyl adjacent to an activating group) is 2. The topological polar surface area (TPSA) is 147 Å². The van der Waals surface area contributed by atoms with Crippen molar-refractivity contribution in [1.29, 1.82) is 0 Å². The molecule has 0 radical (unpaired) electrons. The Hall–Kier alpha value is -3.17. The third-order valence-electron chi connectivity index (χ3n) is 7.96. The summed E-state index contributed by atoms with van der Waals surface area (Å²) in [6.07, 6.45) is 4.22. The van der Waals surface area contributed by atoms with Gasteiger partial charge in [0.15, 0.2) is 11.4 Å². The van der Waals surface area contributed by atoms with Crippen LogP contribution in [0.3, 0.4) is 0 Å². The second-order valence-corrected chi connectivity index (χ2v) is 10.2. The molecule has 36 heavy (non-hydrogen) atoms. The number of benzene rings is 1. The molecule has 4 rings (SSSR count). The van der Waals surface area contributed by atoms with Gasteiger partial charge in [-0.05, 0) is 62.9 Å². The molecule has 9 nitrogen and oxygen atoms in total. The van der Waals surface area contributed by atoms with Crippen molar-refractivity contribution in [2.75, 3.05) is 21.1 Å². The molecule has 0 saturated heterocycles. The highest BCUT2D eigenvalue weighted by atomic mass is 16.3. The van der Waals surface area contributed by atoms with Gasteiger partial charge in [0, 0.05) is 18.5 Å². The number of aliphatic hydroxyl groups is 3. The summed E-state index contributed by atoms with van der Waals surface area (Å²) in [6, 6.07) is 2.28. The van der Waals surface area contributed by atoms with Crippen molar-refractivity contribution in [3.63, 3.8) is 0 Å². The third-order valence-corrected chi connectivity index (χ3v) is 7.96. The molecule has 0 aromatic heterocycles. The summed E-state index contributed by atoms with van der Waals surface area (Å²) in [5, 5.41) is 46.9. The van der Waals surface area contributed by atoms with Crippen LogP contribution in [0.15, 0.2) is 29.0 Å². The quantitative estimate of drug-likeness (QED) is 0.295. The minimum atomic E-state index is -2.57. The molecular formula is C27H34N2O7. The number of aliphatic hydroxyl groups excluding tert-OH is 2. The molecule has 1 aromatic carbocycles. The number of ketones is 2. The number of hydrogen-bond acceptors (Lipinski definition) is 8. The fourth-order valence-corrected chi connectivity index (χ4v) is 6.21. The first kappa shape index (κ1) is 25.9. The molecule has 5 N–H and O–H groups in total. The van der Waals surface area contributed by atoms with Crippen LogP contribution in [-0.4, -0.2) is 75.6 Å². The number of carbonyl (C=O) groups excluding carboxylic acids is 3. The van der Waals surface area contributed by atoms with E-state index in [0.717, 1.165) is 36.8 Å². The molecule has 1 aromatic rings. The number of unbranched alkanes of at least 4 members (excludes halogenated alkanes) is 2. The lowest BCUT2D eigenvalue weighted by molar-refractivity contribution is -0.153. The standard InChI is InChI=1S/C27H34N2O7/c1-5-6-7-8-13-9-10-17(30)19-15(13)11-14-12-16-21(29(3)4)23(32)20(26(35)28-2)25(34)27(16,36)24(33)18(14)22(19)31/h9-10,14,16,21,30-31,34,36H,5-8,11-12H2,1-4H3,(H,28,35)/t14-,16-,21-,27-/m0/s1. The first-order valence-corrected chi connectivity index (χ1v) is 12.4. The summed E-state index contributed by atoms with van der Waals surface area (Å²) in [6.45, 7) is 2.11. The molecule has 0 bridgehead atoms. The van der Waals surface area contributed by atoms with Gasteiger partial charge in [-0.2, -0.15) is 0 Å². The molecule has 0 heterocycles. The molecule has 4 atom stereocenters. The van der Waals surface area contributed by atoms with Crippen molar-refractivity contribution in [2.45, 2.75) is 57.1 Å². The second-order valence-electron chi connectivity index (χ2n) is 10.2. The molecule has 0 spiro atoms. The summed E-state index contributed by atoms with van der Waals surface area (Å²) in [7, 11) is 4.50. The molecule has 194 valence electrons. The van der Waals surface area contributed by atoms with Gasteiger partial charge in [0.1, 0.15) is 22.8 Å². The number of fused-ring (bicyclic) bond motifs is 3. The number of hydrogen-bond donors (Lipinski definition) is 5. The van der Waals surface area contributed by atoms with Crippen LogP contribution in [0.1, 0.15) is 49.3 Å². The first-order valence-electron chi connectivity index (χ1n) is 12.4. The lowest BCUT2D eigenvalue weighted by atomic mass is 9.57. The number of aromatic hydroxyl groups is 1. The van der Waals surface area contributed by atoms with E-state index in [9.17, 15) is 34.8 Å². The van der Waals surface area contributed by atoms with Gasteiger partial charge in [0.25, 0.3) is 5.91 Å². The predicted octanol–water partition coefficient (Wildman–Crippen LogP) is 1.96. The number of aryl methyl sites for hydroxylation is 1. The average molecular weight is 499 g/mol. The molecule has 9 heteroatoms. The maximum atomic E-state index is 13.9. The van der Waals surface area contributed by atoms with E-state index in [0.29, 0.717) is 6.42 Å². The van der Waals surface area contributed by atoms with Crippen LogP contribution in [0.4, 0.5) is 0 Å². The Morgan fingerprint density at radius 1 is 1.17 bits per heavy atom. The highest BCUT2D eigenvalue weighted by Gasteiger charge is 2.64. The number of amides is 1. The maximum absolute atomic E-state index is 13.9. The minimum Gasteiger partial charge on any atom is -0.508 e. The highest BCUT2D eigenvalue weighted by molar-refractivity contribution is 6.24. The van der Waals surface area contributed by atoms with Crippen LogP contribution in [0.2, 0.25) is 0 Å². The van der Waals surface area contributed by atoms with Crippen LogP contribution < -0.4 is 5.32 Å². The molecule has 0 unspecified atom stereocenters. The Bertz CT molecular complexity index is 1200. The van der Waals surface area contributed by atoms with Crippen LogP contribution in [-0.2, 0) is 27.2 Å². The third kappa shape index (κ3) is 3.64. The van der Waals surface area contributed by atoms with Gasteiger partial charge in [-0.1, -0.05) is 25.8 Å². The van der Waals surface area contributed by atoms with Crippen molar-refractivity contribution in [2.24, 2.45) is 11.8 Å². The van der Waals surface area contributed by atoms with Gasteiger partial charge in [0.05, 0.1) is 11.6 Å². The van der Waals surface area contributed by atoms with Crippen molar-refractivity contribution in [3.05, 3.63) is 45.7 Å². The fraction of sp³-hybridized carbons (Fsp3) is 0.519. The van der Waals surface area contributed by atoms with Crippen molar-refractivity contribution >= 4 is 23.2 Å². The van der Waals surface area contributed by atoms with E-state index in [1.54, 1.807) is 14.1 Å². The molecule has 0 aliphatic heterocycles. The molecule has 3 aliphatic rings. The van der Waals surface area contributed by atoms with E-state index in [2.05, 4.69) is 12.2 Å². The van der Waals surface area contributed by atoms with Crippen molar-refractivity contribution in [3.8, 4) is 5.75 Å². The van der Waals surface area contributed by atoms with Gasteiger partial charge in [0.2, 0.25) is 5.78 Å². The zero-order chi connectivity index (χ0) is 26.5. The number of phenolic OH excluding ortho intramolecular Hbond substituents is 1. The number of rotatable bonds is 6. The number of carbonyl (C=O) groups is 3. The Balaban J connectivity index is 1.91. The first-order chi connectivity index (χ1) is 17.0. The van der Waals surface area contributed by atoms with E-state index in [-0.39, 0.29) is 23.3 Å². The molecule has 1 saturated carbocycles. The zero-order valence-corrected chi connectivity index (χ0v) is 21.1. The minimum absolute atomic E-state index is 0.100. The lowest BCUT2D eigenvalue weighted by Crippen LogP contribution is -2.65. The molecule has 1 amide bonds. The Morgan fingerprint density at radius 2 is 1.86 bits per heavy atom. The summed E-state index contributed by atoms with van der Waals surface area (Å²) in [4.78, 5) is 41.2. The van der Waals surface area contributed by atoms with Crippen molar-refractivity contribution < 1.29 is 34.8 Å². The van der Waals surface area contributed by atoms with E-state index in [4.69, 9.17) is 0 Å². The summed E-state index contributed by atoms with van der Waals surface area (Å²) in [5.41, 5.74) is -1.45. The molecule has 3 aliphatic carbocycles. The number of Topliss-reactive ketones (excluding diaryl/α,β-unsaturated/α-hetero) is 2. The molecule has 1 fully saturated rings. The summed E-state index contributed by atoms with van der Waals surface area (Å²) in [5.74, 6) is -5.72. The fourth-order valence-electron chi connectivity index (χ4n) is 6.21. The Morgan fingerprint density at radius 3 is 2.47 bits per heavy atom. The highest BCUT2D eigenvalue weighted by Crippen LogP contribution is 2.53. The van der Waals surface area contributed by atoms with Crippen LogP contribution in [0.5, 0.6) is 5.75 Å². The van der Waals surface area contributed by atoms with Gasteiger partial charge in [-0.3, -0.25) is 19.3 Å². The Kier molecular flexibility index (Phi) is 6.74. The lowest BCUT2D eigenvalue weighted by Gasteiger charge is -2.50. The zero-order valence-electron chi connectivity index (χ0n) is 21.1. The van der Waals surface area contributed by atoms with Crippen LogP contribution >= 0.6 is 0 Å². The number of nitrogens with one attached hydrogen (secondary N) is 1. The van der Waals surface area contributed by atoms with E-state index in [1.807, 2.05) is 6.07 Å². The van der Waals surface area contributed by atoms with Crippen molar-refractivity contribution in [1.82, 2.24) is 10.2 Å². The van der Waals surface area contributed by atoms with E-state index >= 15 is 0 Å². The van der Waals surface area contributed by atoms with Gasteiger partial charge in [-0.25, -0.2) is 0 Å². The second kappa shape index (κ2) is 9.37. The maximum Gasteiger partial charge on any atom is 0.258 e. The van der Waals surface area contributed by atoms with Crippen LogP contribution in [0.25, 0.3) is 5.76 Å². The van der Waals surface area contributed by atoms with E-state index < -0.39 is 58.0 Å². The molecular weight excluding hydrogens is 464 g/mol. The SMILES string of the molecule is CCCCCc1ccc(O)c2c1C[C@H]1C[C@H]3[C@H](N(C)C)C(=O)C(C(=O)NC)=C(O)[C@@]3(O)C(=O)C1=C2O. The largest absolute Gasteiger partial charge is 0.508 e. The normalized spacial score (nSPS) is 27.7. The summed E-state index contributed by atoms with van der Waals surface area (Å²) < 4.78 is 0. The number of nitrogens with zero attached hydrogens (tertiary/aromatic N) is 1. The summed E-state index contributed by atoms with van der Waals surface area (Å²) >= 11 is 0. The van der Waals surface area contributed by atoms with Crippen LogP contribution in [0, 0.1) is 11.8 Å². The van der Waals surface area contributed by atoms with Gasteiger partial charge >= 0.3 is 0 Å². The van der Waals surface area contributed by atoms with Gasteiger partial charge in [-0.15, -0.1) is 0 Å². The smallest absolute Gasteiger partial charge is 0.258 e. The average Bonchev–Trinajstić information content (AvgIpc) is 2.82. The van der Waals surface area contributed by atoms with E-state index in [1.165, 1.54) is 18.0 Å². The predicted molar refractivity (Wildman–Crippen MR) is 132 cm³/mol. The monoisotopic (exact) mass is 498 g/mol. The number of phenols is 1.